The molecule has 18 heteroatoms. The van der Waals surface area contributed by atoms with Crippen LogP contribution in [0.2, 0.25) is 90.7 Å². The summed E-state index contributed by atoms with van der Waals surface area (Å²) < 4.78 is 75.0. The monoisotopic (exact) mass is 1420 g/mol. The quantitative estimate of drug-likeness (QED) is 0.0364. The normalized spacial score (nSPS) is 31.8. The molecular formula is C69H131IO12Si5. The number of carbonyl (C=O) groups excluding carboxylic acids is 1. The number of aliphatic hydroxyl groups excluding tert-OH is 1. The van der Waals surface area contributed by atoms with Crippen molar-refractivity contribution < 1.29 is 55.7 Å². The maximum atomic E-state index is 12.7. The predicted molar refractivity (Wildman–Crippen MR) is 381 cm³/mol. The molecule has 0 saturated carbocycles. The van der Waals surface area contributed by atoms with Gasteiger partial charge >= 0.3 is 0 Å². The topological polar surface area (TPSA) is 130 Å². The van der Waals surface area contributed by atoms with Crippen LogP contribution < -0.4 is 0 Å². The van der Waals surface area contributed by atoms with E-state index in [0.717, 1.165) is 68.8 Å². The number of carbonyl (C=O) groups is 1. The van der Waals surface area contributed by atoms with Crippen molar-refractivity contribution in [3.05, 3.63) is 34.5 Å². The van der Waals surface area contributed by atoms with Gasteiger partial charge in [0.05, 0.1) is 73.8 Å². The maximum absolute atomic E-state index is 12.7. The number of aldehydes is 1. The largest absolute Gasteiger partial charge is 0.414 e. The lowest BCUT2D eigenvalue weighted by atomic mass is 9.82. The van der Waals surface area contributed by atoms with Crippen LogP contribution in [0, 0.1) is 11.8 Å². The van der Waals surface area contributed by atoms with Crippen LogP contribution in [0.25, 0.3) is 0 Å². The van der Waals surface area contributed by atoms with Crippen molar-refractivity contribution in [2.45, 2.75) is 376 Å². The Bertz CT molecular complexity index is 2260. The van der Waals surface area contributed by atoms with Gasteiger partial charge in [-0.15, -0.1) is 0 Å². The Kier molecular flexibility index (Phi) is 27.0. The van der Waals surface area contributed by atoms with E-state index < -0.39 is 72.1 Å². The molecule has 0 aromatic heterocycles. The van der Waals surface area contributed by atoms with E-state index in [1.54, 1.807) is 0 Å². The van der Waals surface area contributed by atoms with Crippen molar-refractivity contribution in [3.8, 4) is 0 Å². The lowest BCUT2D eigenvalue weighted by Gasteiger charge is -2.56. The molecule has 5 aliphatic heterocycles. The molecule has 506 valence electrons. The van der Waals surface area contributed by atoms with Crippen LogP contribution in [0.1, 0.15) is 194 Å². The number of ether oxygens (including phenoxy) is 5. The zero-order chi connectivity index (χ0) is 66.1. The fraction of sp³-hybridized carbons (Fsp3) is 0.899. The highest BCUT2D eigenvalue weighted by Gasteiger charge is 2.58. The second-order valence-electron chi connectivity index (χ2n) is 35.1. The van der Waals surface area contributed by atoms with Gasteiger partial charge in [-0.1, -0.05) is 147 Å². The molecule has 5 heterocycles. The minimum atomic E-state index is -2.46. The first-order valence-electron chi connectivity index (χ1n) is 33.9. The lowest BCUT2D eigenvalue weighted by Crippen LogP contribution is -2.69. The van der Waals surface area contributed by atoms with E-state index in [2.05, 4.69) is 222 Å². The van der Waals surface area contributed by atoms with Crippen molar-refractivity contribution in [2.75, 3.05) is 6.61 Å². The highest BCUT2D eigenvalue weighted by molar-refractivity contribution is 14.1. The van der Waals surface area contributed by atoms with Crippen LogP contribution in [0.15, 0.2) is 34.5 Å². The van der Waals surface area contributed by atoms with E-state index in [0.29, 0.717) is 38.7 Å². The molecule has 0 aromatic rings. The van der Waals surface area contributed by atoms with Gasteiger partial charge in [0.15, 0.2) is 41.6 Å². The van der Waals surface area contributed by atoms with Gasteiger partial charge in [0.25, 0.3) is 0 Å². The summed E-state index contributed by atoms with van der Waals surface area (Å²) in [6, 6.07) is 0. The van der Waals surface area contributed by atoms with Gasteiger partial charge in [-0.05, 0) is 188 Å². The third-order valence-corrected chi connectivity index (χ3v) is 45.9. The van der Waals surface area contributed by atoms with E-state index in [-0.39, 0.29) is 98.1 Å². The van der Waals surface area contributed by atoms with Gasteiger partial charge in [-0.25, -0.2) is 0 Å². The summed E-state index contributed by atoms with van der Waals surface area (Å²) in [5.74, 6) is 0.334. The molecule has 0 aliphatic carbocycles. The van der Waals surface area contributed by atoms with Gasteiger partial charge in [0.1, 0.15) is 30.7 Å². The van der Waals surface area contributed by atoms with Crippen molar-refractivity contribution in [1.29, 1.82) is 0 Å². The Hall–Kier alpha value is 0.264. The zero-order valence-corrected chi connectivity index (χ0v) is 67.3. The number of halogens is 1. The summed E-state index contributed by atoms with van der Waals surface area (Å²) in [5, 5.41) is 12.6. The van der Waals surface area contributed by atoms with Crippen molar-refractivity contribution in [1.82, 2.24) is 0 Å². The summed E-state index contributed by atoms with van der Waals surface area (Å²) in [4.78, 5) is 11.2. The summed E-state index contributed by atoms with van der Waals surface area (Å²) in [5.41, 5.74) is 2.23. The van der Waals surface area contributed by atoms with E-state index in [1.807, 2.05) is 0 Å². The number of rotatable bonds is 27. The molecule has 5 saturated heterocycles. The summed E-state index contributed by atoms with van der Waals surface area (Å²) >= 11 is 2.33. The van der Waals surface area contributed by atoms with Crippen LogP contribution in [0.5, 0.6) is 0 Å². The molecule has 5 unspecified atom stereocenters. The van der Waals surface area contributed by atoms with E-state index >= 15 is 0 Å². The minimum Gasteiger partial charge on any atom is -0.414 e. The molecule has 87 heavy (non-hydrogen) atoms. The van der Waals surface area contributed by atoms with Crippen molar-refractivity contribution >= 4 is 70.5 Å². The van der Waals surface area contributed by atoms with Gasteiger partial charge < -0.3 is 55.7 Å². The molecule has 17 atom stereocenters. The Labute approximate surface area is 551 Å². The molecule has 0 bridgehead atoms. The van der Waals surface area contributed by atoms with Crippen LogP contribution >= 0.6 is 22.6 Å². The fourth-order valence-electron chi connectivity index (χ4n) is 12.1. The third-order valence-electron chi connectivity index (χ3n) is 23.0. The molecule has 0 amide bonds. The molecule has 5 aliphatic rings. The molecule has 0 aromatic carbocycles. The van der Waals surface area contributed by atoms with E-state index in [4.69, 9.17) is 45.8 Å². The summed E-state index contributed by atoms with van der Waals surface area (Å²) in [7, 11) is -11.5. The van der Waals surface area contributed by atoms with Gasteiger partial charge in [0.2, 0.25) is 0 Å². The number of hydrogen-bond donors (Lipinski definition) is 1. The second kappa shape index (κ2) is 30.1. The van der Waals surface area contributed by atoms with Crippen molar-refractivity contribution in [2.24, 2.45) is 11.8 Å². The average Bonchev–Trinajstić information content (AvgIpc) is 1.41. The molecular weight excluding hydrogens is 1290 g/mol. The Morgan fingerprint density at radius 1 is 0.609 bits per heavy atom. The predicted octanol–water partition coefficient (Wildman–Crippen LogP) is 18.4. The average molecular weight is 1420 g/mol. The minimum absolute atomic E-state index is 0.0188. The third kappa shape index (κ3) is 20.6. The molecule has 12 nitrogen and oxygen atoms in total. The van der Waals surface area contributed by atoms with E-state index in [9.17, 15) is 9.90 Å². The zero-order valence-electron chi connectivity index (χ0n) is 60.2. The molecule has 0 spiro atoms. The Balaban J connectivity index is 1.47. The number of hydrogen-bond acceptors (Lipinski definition) is 12. The standard InChI is InChI=1S/C69H131IO12Si5/c1-46-38-52(31-33-56-47(2)39-51(74-56)30-29-37-71)75-59(48(46)3)44-60-49(41-54(76-60)43-55(79-84(21,22)66(7,8)9)45-73-83(19,20)65(4,5)6)40-50(72)42-53-32-34-57-61(77-53)63(81-86(25,26)68(13,14)15)64(82-87(27,28)69(16,17)18)62(78-57)58(35-36-70)80-85(23,24)67(10,11)12/h35-37,46,49-64,72H,2-3,29-34,38-45H2,1,4-28H3/b36-35+/t46?,49-,50?,51+,52+,53-,54+,55+,56+,57+,58+,59-,60+,61?,62-,63?,64?/m1/s1. The lowest BCUT2D eigenvalue weighted by molar-refractivity contribution is -0.268. The molecule has 1 N–H and O–H groups in total. The highest BCUT2D eigenvalue weighted by Crippen LogP contribution is 2.49. The van der Waals surface area contributed by atoms with Crippen molar-refractivity contribution in [3.63, 3.8) is 0 Å². The maximum Gasteiger partial charge on any atom is 0.193 e. The van der Waals surface area contributed by atoms with Crippen LogP contribution in [0.3, 0.4) is 0 Å². The van der Waals surface area contributed by atoms with Gasteiger partial charge in [-0.2, -0.15) is 0 Å². The number of fused-ring (bicyclic) bond motifs is 1. The van der Waals surface area contributed by atoms with E-state index in [1.165, 1.54) is 0 Å². The summed E-state index contributed by atoms with van der Waals surface area (Å²) in [6.45, 7) is 69.8. The Morgan fingerprint density at radius 3 is 1.71 bits per heavy atom. The molecule has 0 radical (unpaired) electrons. The number of aliphatic hydroxyl groups is 1. The fourth-order valence-corrected chi connectivity index (χ4v) is 18.7. The van der Waals surface area contributed by atoms with Crippen LogP contribution in [0.4, 0.5) is 0 Å². The van der Waals surface area contributed by atoms with Gasteiger partial charge in [-0.3, -0.25) is 0 Å². The SMILES string of the molecule is C=C1C[C@H](CCC=O)O[C@H]1CC[C@H]1CC(C)C(=C)[C@@H](C[C@@H]2O[C@H](C[C@@H](CO[Si](C)(C)C(C)(C)C)O[Si](C)(C)C(C)(C)C)C[C@H]2CC(O)C[C@H]2CC[C@@H]3O[C@H]([C@H](/C=C/I)O[Si](C)(C)C(C)(C)C)C(O[Si](C)(C)C(C)(C)C)C(O[Si](C)(C)C(C)(C)C)C3O2)O1. The van der Waals surface area contributed by atoms with Crippen LogP contribution in [-0.2, 0) is 50.6 Å². The highest BCUT2D eigenvalue weighted by atomic mass is 127. The van der Waals surface area contributed by atoms with Crippen LogP contribution in [-0.4, -0.2) is 151 Å². The summed E-state index contributed by atoms with van der Waals surface area (Å²) in [6.07, 6.45) is 8.90. The second-order valence-corrected chi connectivity index (χ2v) is 59.7. The molecule has 5 rings (SSSR count). The first-order chi connectivity index (χ1) is 39.5. The first-order valence-corrected chi connectivity index (χ1v) is 49.7. The Morgan fingerprint density at radius 2 is 1.16 bits per heavy atom. The first kappa shape index (κ1) is 78.0. The van der Waals surface area contributed by atoms with Gasteiger partial charge in [0, 0.05) is 19.3 Å². The smallest absolute Gasteiger partial charge is 0.193 e. The molecule has 5 fully saturated rings.